The summed E-state index contributed by atoms with van der Waals surface area (Å²) in [6, 6.07) is 14.7. The number of hydrogen-bond donors (Lipinski definition) is 1. The zero-order valence-electron chi connectivity index (χ0n) is 12.7. The molecule has 1 aliphatic rings. The average Bonchev–Trinajstić information content (AvgIpc) is 2.88. The molecule has 0 fully saturated rings. The summed E-state index contributed by atoms with van der Waals surface area (Å²) in [6.07, 6.45) is 1.18. The molecule has 1 aliphatic heterocycles. The number of ether oxygens (including phenoxy) is 1. The van der Waals surface area contributed by atoms with Crippen molar-refractivity contribution >= 4 is 5.69 Å². The molecule has 1 heterocycles. The molecule has 21 heavy (non-hydrogen) atoms. The molecule has 0 aromatic heterocycles. The maximum Gasteiger partial charge on any atom is 0.123 e. The minimum absolute atomic E-state index is 0.206. The summed E-state index contributed by atoms with van der Waals surface area (Å²) in [4.78, 5) is 2.24. The first kappa shape index (κ1) is 14.0. The number of hydrogen-bond acceptors (Lipinski definition) is 3. The lowest BCUT2D eigenvalue weighted by atomic mass is 10.1. The Bertz CT molecular complexity index is 639. The van der Waals surface area contributed by atoms with Crippen LogP contribution in [0.15, 0.2) is 42.5 Å². The van der Waals surface area contributed by atoms with E-state index in [1.807, 2.05) is 6.07 Å². The molecule has 2 aromatic rings. The normalized spacial score (nSPS) is 16.4. The van der Waals surface area contributed by atoms with Gasteiger partial charge < -0.3 is 15.4 Å². The van der Waals surface area contributed by atoms with Crippen LogP contribution in [0.3, 0.4) is 0 Å². The Morgan fingerprint density at radius 1 is 1.24 bits per heavy atom. The second kappa shape index (κ2) is 5.78. The SMILES string of the molecule is Cc1ccc2c(c1)CC(CN(C)c1ccccc1CN)O2. The molecule has 0 saturated heterocycles. The molecule has 0 saturated carbocycles. The van der Waals surface area contributed by atoms with Gasteiger partial charge in [-0.1, -0.05) is 35.9 Å². The third-order valence-corrected chi connectivity index (χ3v) is 4.06. The molecule has 0 radical (unpaired) electrons. The molecule has 110 valence electrons. The van der Waals surface area contributed by atoms with Gasteiger partial charge in [0.15, 0.2) is 0 Å². The van der Waals surface area contributed by atoms with Crippen LogP contribution in [0, 0.1) is 6.92 Å². The fourth-order valence-electron chi connectivity index (χ4n) is 3.01. The van der Waals surface area contributed by atoms with E-state index in [2.05, 4.69) is 55.3 Å². The smallest absolute Gasteiger partial charge is 0.123 e. The highest BCUT2D eigenvalue weighted by molar-refractivity contribution is 5.53. The molecule has 0 bridgehead atoms. The third-order valence-electron chi connectivity index (χ3n) is 4.06. The number of aryl methyl sites for hydroxylation is 1. The molecule has 3 rings (SSSR count). The van der Waals surface area contributed by atoms with E-state index in [4.69, 9.17) is 10.5 Å². The van der Waals surface area contributed by atoms with E-state index in [0.717, 1.165) is 18.7 Å². The van der Waals surface area contributed by atoms with Crippen molar-refractivity contribution in [1.29, 1.82) is 0 Å². The lowest BCUT2D eigenvalue weighted by Gasteiger charge is -2.25. The van der Waals surface area contributed by atoms with Crippen molar-refractivity contribution in [2.45, 2.75) is 26.0 Å². The Hall–Kier alpha value is -2.00. The third kappa shape index (κ3) is 2.88. The minimum Gasteiger partial charge on any atom is -0.488 e. The maximum absolute atomic E-state index is 6.05. The molecule has 3 heteroatoms. The van der Waals surface area contributed by atoms with E-state index in [0.29, 0.717) is 6.54 Å². The minimum atomic E-state index is 0.206. The second-order valence-corrected chi connectivity index (χ2v) is 5.77. The number of benzene rings is 2. The summed E-state index contributed by atoms with van der Waals surface area (Å²) in [5.74, 6) is 1.03. The number of anilines is 1. The van der Waals surface area contributed by atoms with E-state index in [1.165, 1.54) is 22.4 Å². The number of para-hydroxylation sites is 1. The fraction of sp³-hybridized carbons (Fsp3) is 0.333. The van der Waals surface area contributed by atoms with Gasteiger partial charge in [-0.05, 0) is 30.2 Å². The van der Waals surface area contributed by atoms with Crippen LogP contribution in [0.1, 0.15) is 16.7 Å². The maximum atomic E-state index is 6.05. The summed E-state index contributed by atoms with van der Waals surface area (Å²) in [6.45, 7) is 3.55. The van der Waals surface area contributed by atoms with Crippen LogP contribution >= 0.6 is 0 Å². The van der Waals surface area contributed by atoms with Gasteiger partial charge in [0.25, 0.3) is 0 Å². The highest BCUT2D eigenvalue weighted by Gasteiger charge is 2.24. The number of nitrogens with two attached hydrogens (primary N) is 1. The molecule has 0 aliphatic carbocycles. The molecule has 3 nitrogen and oxygen atoms in total. The molecule has 2 aromatic carbocycles. The van der Waals surface area contributed by atoms with Gasteiger partial charge in [-0.2, -0.15) is 0 Å². The number of fused-ring (bicyclic) bond motifs is 1. The number of nitrogens with zero attached hydrogens (tertiary/aromatic N) is 1. The zero-order valence-corrected chi connectivity index (χ0v) is 12.7. The quantitative estimate of drug-likeness (QED) is 0.937. The summed E-state index contributed by atoms with van der Waals surface area (Å²) < 4.78 is 6.05. The first-order valence-corrected chi connectivity index (χ1v) is 7.42. The van der Waals surface area contributed by atoms with Gasteiger partial charge in [0.05, 0.1) is 6.54 Å². The van der Waals surface area contributed by atoms with Gasteiger partial charge in [0.1, 0.15) is 11.9 Å². The number of likely N-dealkylation sites (N-methyl/N-ethyl adjacent to an activating group) is 1. The molecule has 1 unspecified atom stereocenters. The summed E-state index contributed by atoms with van der Waals surface area (Å²) in [7, 11) is 2.10. The van der Waals surface area contributed by atoms with Crippen LogP contribution in [-0.2, 0) is 13.0 Å². The van der Waals surface area contributed by atoms with Gasteiger partial charge in [0.2, 0.25) is 0 Å². The van der Waals surface area contributed by atoms with Crippen LogP contribution < -0.4 is 15.4 Å². The first-order valence-electron chi connectivity index (χ1n) is 7.42. The second-order valence-electron chi connectivity index (χ2n) is 5.77. The highest BCUT2D eigenvalue weighted by atomic mass is 16.5. The molecule has 0 amide bonds. The molecular weight excluding hydrogens is 260 g/mol. The Kier molecular flexibility index (Phi) is 3.84. The predicted octanol–water partition coefficient (Wildman–Crippen LogP) is 2.89. The van der Waals surface area contributed by atoms with Crippen molar-refractivity contribution in [1.82, 2.24) is 0 Å². The Morgan fingerprint density at radius 3 is 2.86 bits per heavy atom. The molecular formula is C18H22N2O. The van der Waals surface area contributed by atoms with Crippen molar-refractivity contribution in [2.24, 2.45) is 5.73 Å². The highest BCUT2D eigenvalue weighted by Crippen LogP contribution is 2.30. The summed E-state index contributed by atoms with van der Waals surface area (Å²) in [5, 5.41) is 0. The Morgan fingerprint density at radius 2 is 2.05 bits per heavy atom. The van der Waals surface area contributed by atoms with Crippen LogP contribution in [0.25, 0.3) is 0 Å². The zero-order chi connectivity index (χ0) is 14.8. The molecule has 1 atom stereocenters. The molecule has 2 N–H and O–H groups in total. The summed E-state index contributed by atoms with van der Waals surface area (Å²) in [5.41, 5.74) is 10.8. The fourth-order valence-corrected chi connectivity index (χ4v) is 3.01. The lowest BCUT2D eigenvalue weighted by molar-refractivity contribution is 0.239. The van der Waals surface area contributed by atoms with E-state index < -0.39 is 0 Å². The van der Waals surface area contributed by atoms with Crippen molar-refractivity contribution < 1.29 is 4.74 Å². The Balaban J connectivity index is 1.71. The lowest BCUT2D eigenvalue weighted by Crippen LogP contribution is -2.32. The van der Waals surface area contributed by atoms with Crippen molar-refractivity contribution in [2.75, 3.05) is 18.5 Å². The van der Waals surface area contributed by atoms with Gasteiger partial charge in [-0.15, -0.1) is 0 Å². The standard InChI is InChI=1S/C18H22N2O/c1-13-7-8-18-15(9-13)10-16(21-18)12-20(2)17-6-4-3-5-14(17)11-19/h3-9,16H,10-12,19H2,1-2H3. The predicted molar refractivity (Wildman–Crippen MR) is 86.9 cm³/mol. The van der Waals surface area contributed by atoms with Gasteiger partial charge in [-0.25, -0.2) is 0 Å². The van der Waals surface area contributed by atoms with Crippen LogP contribution in [0.4, 0.5) is 5.69 Å². The van der Waals surface area contributed by atoms with E-state index >= 15 is 0 Å². The van der Waals surface area contributed by atoms with Crippen molar-refractivity contribution in [3.63, 3.8) is 0 Å². The van der Waals surface area contributed by atoms with Gasteiger partial charge in [-0.3, -0.25) is 0 Å². The van der Waals surface area contributed by atoms with Gasteiger partial charge >= 0.3 is 0 Å². The van der Waals surface area contributed by atoms with E-state index in [9.17, 15) is 0 Å². The van der Waals surface area contributed by atoms with E-state index in [-0.39, 0.29) is 6.10 Å². The topological polar surface area (TPSA) is 38.5 Å². The van der Waals surface area contributed by atoms with Crippen LogP contribution in [0.2, 0.25) is 0 Å². The van der Waals surface area contributed by atoms with Crippen molar-refractivity contribution in [3.05, 3.63) is 59.2 Å². The molecule has 0 spiro atoms. The van der Waals surface area contributed by atoms with E-state index in [1.54, 1.807) is 0 Å². The average molecular weight is 282 g/mol. The monoisotopic (exact) mass is 282 g/mol. The first-order chi connectivity index (χ1) is 10.2. The van der Waals surface area contributed by atoms with Gasteiger partial charge in [0, 0.05) is 25.7 Å². The Labute approximate surface area is 126 Å². The van der Waals surface area contributed by atoms with Crippen LogP contribution in [0.5, 0.6) is 5.75 Å². The van der Waals surface area contributed by atoms with Crippen LogP contribution in [-0.4, -0.2) is 19.7 Å². The largest absolute Gasteiger partial charge is 0.488 e. The number of rotatable bonds is 4. The summed E-state index contributed by atoms with van der Waals surface area (Å²) >= 11 is 0. The van der Waals surface area contributed by atoms with Crippen molar-refractivity contribution in [3.8, 4) is 5.75 Å².